The monoisotopic (exact) mass is 348 g/mol. The Bertz CT molecular complexity index is 849. The largest absolute Gasteiger partial charge is 0.489 e. The first-order valence-electron chi connectivity index (χ1n) is 8.42. The van der Waals surface area contributed by atoms with Gasteiger partial charge in [0.05, 0.1) is 6.61 Å². The molecule has 1 N–H and O–H groups in total. The molecule has 0 unspecified atom stereocenters. The van der Waals surface area contributed by atoms with Gasteiger partial charge in [0.2, 0.25) is 5.88 Å². The fraction of sp³-hybridized carbons (Fsp3) is 0.143. The van der Waals surface area contributed by atoms with Crippen molar-refractivity contribution in [3.63, 3.8) is 0 Å². The molecule has 3 rings (SSSR count). The minimum Gasteiger partial charge on any atom is -0.489 e. The van der Waals surface area contributed by atoms with Gasteiger partial charge in [-0.15, -0.1) is 0 Å². The fourth-order valence-corrected chi connectivity index (χ4v) is 2.39. The molecule has 0 aliphatic rings. The van der Waals surface area contributed by atoms with Gasteiger partial charge in [0.15, 0.2) is 0 Å². The highest BCUT2D eigenvalue weighted by atomic mass is 16.5. The van der Waals surface area contributed by atoms with Gasteiger partial charge in [-0.25, -0.2) is 4.98 Å². The van der Waals surface area contributed by atoms with Gasteiger partial charge in [0.1, 0.15) is 17.9 Å². The van der Waals surface area contributed by atoms with Crippen LogP contribution in [0.25, 0.3) is 0 Å². The van der Waals surface area contributed by atoms with E-state index in [4.69, 9.17) is 9.47 Å². The van der Waals surface area contributed by atoms with Gasteiger partial charge in [0.25, 0.3) is 5.91 Å². The second-order valence-corrected chi connectivity index (χ2v) is 5.54. The maximum Gasteiger partial charge on any atom is 0.261 e. The van der Waals surface area contributed by atoms with E-state index in [2.05, 4.69) is 10.3 Å². The molecule has 3 aromatic rings. The highest BCUT2D eigenvalue weighted by Crippen LogP contribution is 2.20. The van der Waals surface area contributed by atoms with Crippen LogP contribution in [0.5, 0.6) is 11.6 Å². The number of rotatable bonds is 7. The summed E-state index contributed by atoms with van der Waals surface area (Å²) >= 11 is 0. The third kappa shape index (κ3) is 4.60. The Balaban J connectivity index is 1.61. The summed E-state index contributed by atoms with van der Waals surface area (Å²) in [6, 6.07) is 20.6. The van der Waals surface area contributed by atoms with E-state index in [9.17, 15) is 4.79 Å². The van der Waals surface area contributed by atoms with Crippen molar-refractivity contribution in [2.24, 2.45) is 0 Å². The van der Waals surface area contributed by atoms with Crippen molar-refractivity contribution in [1.29, 1.82) is 0 Å². The number of nitrogens with zero attached hydrogens (tertiary/aromatic N) is 1. The minimum absolute atomic E-state index is 0.264. The molecule has 0 fully saturated rings. The smallest absolute Gasteiger partial charge is 0.261 e. The highest BCUT2D eigenvalue weighted by Gasteiger charge is 2.13. The number of hydrogen-bond donors (Lipinski definition) is 1. The zero-order valence-corrected chi connectivity index (χ0v) is 14.5. The molecule has 1 heterocycles. The number of carbonyl (C=O) groups is 1. The first kappa shape index (κ1) is 17.5. The molecule has 0 bridgehead atoms. The van der Waals surface area contributed by atoms with Crippen molar-refractivity contribution in [2.75, 3.05) is 11.9 Å². The van der Waals surface area contributed by atoms with Crippen LogP contribution in [-0.2, 0) is 6.61 Å². The molecule has 0 saturated heterocycles. The van der Waals surface area contributed by atoms with Gasteiger partial charge >= 0.3 is 0 Å². The van der Waals surface area contributed by atoms with Crippen LogP contribution in [0.15, 0.2) is 72.9 Å². The van der Waals surface area contributed by atoms with Crippen LogP contribution in [0, 0.1) is 0 Å². The van der Waals surface area contributed by atoms with Crippen LogP contribution in [0.1, 0.15) is 22.8 Å². The van der Waals surface area contributed by atoms with E-state index in [1.807, 2.05) is 49.4 Å². The number of anilines is 1. The first-order chi connectivity index (χ1) is 12.8. The molecule has 132 valence electrons. The molecule has 26 heavy (non-hydrogen) atoms. The Kier molecular flexibility index (Phi) is 5.83. The lowest BCUT2D eigenvalue weighted by Crippen LogP contribution is -2.14. The quantitative estimate of drug-likeness (QED) is 0.691. The topological polar surface area (TPSA) is 60.5 Å². The van der Waals surface area contributed by atoms with Crippen molar-refractivity contribution < 1.29 is 14.3 Å². The maximum atomic E-state index is 12.4. The second-order valence-electron chi connectivity index (χ2n) is 5.54. The number of amides is 1. The fourth-order valence-electron chi connectivity index (χ4n) is 2.39. The molecular formula is C21H20N2O3. The van der Waals surface area contributed by atoms with Gasteiger partial charge in [-0.1, -0.05) is 30.3 Å². The molecule has 0 aliphatic carbocycles. The normalized spacial score (nSPS) is 10.2. The van der Waals surface area contributed by atoms with Crippen LogP contribution in [0.2, 0.25) is 0 Å². The van der Waals surface area contributed by atoms with Crippen molar-refractivity contribution in [3.05, 3.63) is 84.1 Å². The summed E-state index contributed by atoms with van der Waals surface area (Å²) in [5, 5.41) is 2.84. The lowest BCUT2D eigenvalue weighted by Gasteiger charge is -2.10. The van der Waals surface area contributed by atoms with Gasteiger partial charge in [-0.05, 0) is 48.9 Å². The number of aromatic nitrogens is 1. The van der Waals surface area contributed by atoms with Crippen LogP contribution < -0.4 is 14.8 Å². The van der Waals surface area contributed by atoms with Gasteiger partial charge in [0, 0.05) is 11.9 Å². The Hall–Kier alpha value is -3.34. The molecule has 5 nitrogen and oxygen atoms in total. The lowest BCUT2D eigenvalue weighted by molar-refractivity contribution is 0.102. The number of hydrogen-bond acceptors (Lipinski definition) is 4. The predicted molar refractivity (Wildman–Crippen MR) is 101 cm³/mol. The van der Waals surface area contributed by atoms with Crippen LogP contribution in [-0.4, -0.2) is 17.5 Å². The summed E-state index contributed by atoms with van der Waals surface area (Å²) in [6.07, 6.45) is 1.60. The van der Waals surface area contributed by atoms with E-state index in [1.54, 1.807) is 30.5 Å². The summed E-state index contributed by atoms with van der Waals surface area (Å²) in [7, 11) is 0. The minimum atomic E-state index is -0.264. The third-order valence-corrected chi connectivity index (χ3v) is 3.66. The van der Waals surface area contributed by atoms with Crippen molar-refractivity contribution >= 4 is 11.6 Å². The number of carbonyl (C=O) groups excluding carboxylic acids is 1. The average molecular weight is 348 g/mol. The van der Waals surface area contributed by atoms with Crippen molar-refractivity contribution in [1.82, 2.24) is 4.98 Å². The number of nitrogens with one attached hydrogen (secondary N) is 1. The van der Waals surface area contributed by atoms with E-state index in [1.165, 1.54) is 0 Å². The maximum absolute atomic E-state index is 12.4. The lowest BCUT2D eigenvalue weighted by atomic mass is 10.2. The SMILES string of the molecule is CCOc1ncccc1C(=O)Nc1ccc(OCc2ccccc2)cc1. The summed E-state index contributed by atoms with van der Waals surface area (Å²) in [6.45, 7) is 2.80. The van der Waals surface area contributed by atoms with E-state index in [0.29, 0.717) is 30.3 Å². The zero-order chi connectivity index (χ0) is 18.2. The van der Waals surface area contributed by atoms with E-state index in [0.717, 1.165) is 11.3 Å². The van der Waals surface area contributed by atoms with Gasteiger partial charge in [-0.3, -0.25) is 4.79 Å². The second kappa shape index (κ2) is 8.67. The zero-order valence-electron chi connectivity index (χ0n) is 14.5. The van der Waals surface area contributed by atoms with Crippen molar-refractivity contribution in [3.8, 4) is 11.6 Å². The third-order valence-electron chi connectivity index (χ3n) is 3.66. The Morgan fingerprint density at radius 3 is 2.46 bits per heavy atom. The Labute approximate surface area is 152 Å². The molecule has 0 atom stereocenters. The van der Waals surface area contributed by atoms with E-state index in [-0.39, 0.29) is 5.91 Å². The summed E-state index contributed by atoms with van der Waals surface area (Å²) in [5.74, 6) is 0.804. The number of ether oxygens (including phenoxy) is 2. The van der Waals surface area contributed by atoms with Crippen LogP contribution in [0.4, 0.5) is 5.69 Å². The van der Waals surface area contributed by atoms with Gasteiger partial charge in [-0.2, -0.15) is 0 Å². The highest BCUT2D eigenvalue weighted by molar-refractivity contribution is 6.05. The number of pyridine rings is 1. The van der Waals surface area contributed by atoms with E-state index >= 15 is 0 Å². The molecule has 0 spiro atoms. The molecule has 2 aromatic carbocycles. The molecule has 1 amide bonds. The molecule has 1 aromatic heterocycles. The van der Waals surface area contributed by atoms with E-state index < -0.39 is 0 Å². The predicted octanol–water partition coefficient (Wildman–Crippen LogP) is 4.31. The molecule has 5 heteroatoms. The van der Waals surface area contributed by atoms with Crippen LogP contribution in [0.3, 0.4) is 0 Å². The molecular weight excluding hydrogens is 328 g/mol. The number of benzene rings is 2. The van der Waals surface area contributed by atoms with Crippen LogP contribution >= 0.6 is 0 Å². The summed E-state index contributed by atoms with van der Waals surface area (Å²) in [4.78, 5) is 16.5. The Morgan fingerprint density at radius 2 is 1.73 bits per heavy atom. The Morgan fingerprint density at radius 1 is 0.962 bits per heavy atom. The molecule has 0 radical (unpaired) electrons. The standard InChI is InChI=1S/C21H20N2O3/c1-2-25-21-19(9-6-14-22-21)20(24)23-17-10-12-18(13-11-17)26-15-16-7-4-3-5-8-16/h3-14H,2,15H2,1H3,(H,23,24). The average Bonchev–Trinajstić information content (AvgIpc) is 2.69. The first-order valence-corrected chi connectivity index (χ1v) is 8.42. The molecule has 0 aliphatic heterocycles. The van der Waals surface area contributed by atoms with Crippen molar-refractivity contribution in [2.45, 2.75) is 13.5 Å². The molecule has 0 saturated carbocycles. The van der Waals surface area contributed by atoms with Gasteiger partial charge < -0.3 is 14.8 Å². The summed E-state index contributed by atoms with van der Waals surface area (Å²) < 4.78 is 11.1. The summed E-state index contributed by atoms with van der Waals surface area (Å²) in [5.41, 5.74) is 2.18.